The first-order valence-corrected chi connectivity index (χ1v) is 7.09. The molecule has 0 amide bonds. The van der Waals surface area contributed by atoms with Crippen LogP contribution in [0.15, 0.2) is 30.3 Å². The average molecular weight is 284 g/mol. The van der Waals surface area contributed by atoms with E-state index in [4.69, 9.17) is 0 Å². The molecule has 0 atom stereocenters. The van der Waals surface area contributed by atoms with Gasteiger partial charge in [-0.05, 0) is 43.5 Å². The number of hydrogen-bond acceptors (Lipinski definition) is 3. The molecule has 110 valence electrons. The number of aryl methyl sites for hydroxylation is 3. The highest BCUT2D eigenvalue weighted by atomic mass is 16.4. The number of carbonyl (C=O) groups is 1. The van der Waals surface area contributed by atoms with E-state index < -0.39 is 5.97 Å². The Hall–Kier alpha value is -2.36. The van der Waals surface area contributed by atoms with Crippen LogP contribution in [0.2, 0.25) is 0 Å². The number of aromatic carboxylic acids is 1. The number of aromatic nitrogens is 1. The zero-order valence-corrected chi connectivity index (χ0v) is 12.6. The topological polar surface area (TPSA) is 62.2 Å². The number of carboxylic acid groups (broad SMARTS) is 1. The first-order chi connectivity index (χ1) is 10.0. The van der Waals surface area contributed by atoms with Crippen LogP contribution >= 0.6 is 0 Å². The molecule has 0 aliphatic heterocycles. The number of para-hydroxylation sites is 1. The van der Waals surface area contributed by atoms with Gasteiger partial charge in [0.1, 0.15) is 11.4 Å². The summed E-state index contributed by atoms with van der Waals surface area (Å²) < 4.78 is 0. The number of benzene rings is 1. The maximum absolute atomic E-state index is 11.5. The number of rotatable bonds is 5. The molecule has 0 fully saturated rings. The lowest BCUT2D eigenvalue weighted by Gasteiger charge is -2.14. The van der Waals surface area contributed by atoms with Gasteiger partial charge in [-0.2, -0.15) is 0 Å². The second-order valence-electron chi connectivity index (χ2n) is 5.14. The summed E-state index contributed by atoms with van der Waals surface area (Å²) in [6.07, 6.45) is 1.97. The molecular weight excluding hydrogens is 264 g/mol. The van der Waals surface area contributed by atoms with Gasteiger partial charge in [-0.15, -0.1) is 0 Å². The normalized spacial score (nSPS) is 10.4. The maximum atomic E-state index is 11.5. The van der Waals surface area contributed by atoms with Gasteiger partial charge >= 0.3 is 5.97 Å². The van der Waals surface area contributed by atoms with Gasteiger partial charge in [0, 0.05) is 11.4 Å². The van der Waals surface area contributed by atoms with Crippen LogP contribution in [-0.4, -0.2) is 16.1 Å². The Balaban J connectivity index is 2.47. The van der Waals surface area contributed by atoms with Gasteiger partial charge in [0.2, 0.25) is 0 Å². The quantitative estimate of drug-likeness (QED) is 0.868. The molecule has 0 saturated heterocycles. The van der Waals surface area contributed by atoms with Gasteiger partial charge in [0.25, 0.3) is 0 Å². The molecule has 0 aliphatic carbocycles. The van der Waals surface area contributed by atoms with Gasteiger partial charge in [-0.1, -0.05) is 31.5 Å². The zero-order chi connectivity index (χ0) is 15.4. The fourth-order valence-corrected chi connectivity index (χ4v) is 2.45. The minimum absolute atomic E-state index is 0.229. The van der Waals surface area contributed by atoms with Crippen molar-refractivity contribution in [3.63, 3.8) is 0 Å². The molecule has 0 aliphatic rings. The van der Waals surface area contributed by atoms with E-state index in [1.165, 1.54) is 0 Å². The zero-order valence-electron chi connectivity index (χ0n) is 12.6. The van der Waals surface area contributed by atoms with Gasteiger partial charge in [0.05, 0.1) is 0 Å². The Morgan fingerprint density at radius 1 is 1.29 bits per heavy atom. The van der Waals surface area contributed by atoms with Gasteiger partial charge in [-0.25, -0.2) is 9.78 Å². The van der Waals surface area contributed by atoms with Crippen molar-refractivity contribution in [3.8, 4) is 0 Å². The molecule has 21 heavy (non-hydrogen) atoms. The van der Waals surface area contributed by atoms with Crippen molar-refractivity contribution in [2.24, 2.45) is 0 Å². The van der Waals surface area contributed by atoms with E-state index in [0.717, 1.165) is 29.8 Å². The van der Waals surface area contributed by atoms with Gasteiger partial charge < -0.3 is 10.4 Å². The second kappa shape index (κ2) is 6.39. The second-order valence-corrected chi connectivity index (χ2v) is 5.14. The summed E-state index contributed by atoms with van der Waals surface area (Å²) in [7, 11) is 0. The Labute approximate surface area is 124 Å². The Bertz CT molecular complexity index is 666. The van der Waals surface area contributed by atoms with Crippen LogP contribution in [0.4, 0.5) is 11.5 Å². The minimum atomic E-state index is -0.963. The van der Waals surface area contributed by atoms with Crippen molar-refractivity contribution in [2.45, 2.75) is 33.6 Å². The highest BCUT2D eigenvalue weighted by Crippen LogP contribution is 2.25. The number of anilines is 2. The van der Waals surface area contributed by atoms with E-state index >= 15 is 0 Å². The van der Waals surface area contributed by atoms with Crippen molar-refractivity contribution >= 4 is 17.5 Å². The number of hydrogen-bond donors (Lipinski definition) is 2. The number of carboxylic acids is 1. The highest BCUT2D eigenvalue weighted by molar-refractivity contribution is 5.95. The van der Waals surface area contributed by atoms with E-state index in [1.54, 1.807) is 13.0 Å². The third-order valence-corrected chi connectivity index (χ3v) is 3.35. The molecule has 1 aromatic heterocycles. The molecule has 0 spiro atoms. The van der Waals surface area contributed by atoms with E-state index in [9.17, 15) is 9.90 Å². The van der Waals surface area contributed by atoms with Crippen molar-refractivity contribution in [1.29, 1.82) is 0 Å². The van der Waals surface area contributed by atoms with Crippen LogP contribution < -0.4 is 5.32 Å². The van der Waals surface area contributed by atoms with Crippen LogP contribution in [0, 0.1) is 13.8 Å². The molecule has 4 heteroatoms. The summed E-state index contributed by atoms with van der Waals surface area (Å²) in [5.41, 5.74) is 3.82. The molecule has 0 radical (unpaired) electrons. The third-order valence-electron chi connectivity index (χ3n) is 3.35. The Morgan fingerprint density at radius 2 is 2.00 bits per heavy atom. The smallest absolute Gasteiger partial charge is 0.339 e. The largest absolute Gasteiger partial charge is 0.478 e. The fourth-order valence-electron chi connectivity index (χ4n) is 2.45. The maximum Gasteiger partial charge on any atom is 0.339 e. The molecule has 2 aromatic rings. The molecule has 4 nitrogen and oxygen atoms in total. The molecular formula is C17H20N2O2. The van der Waals surface area contributed by atoms with Crippen molar-refractivity contribution in [1.82, 2.24) is 4.98 Å². The predicted octanol–water partition coefficient (Wildman–Crippen LogP) is 4.09. The lowest BCUT2D eigenvalue weighted by molar-refractivity contribution is 0.0697. The number of pyridine rings is 1. The van der Waals surface area contributed by atoms with Gasteiger partial charge in [0.15, 0.2) is 0 Å². The van der Waals surface area contributed by atoms with Crippen LogP contribution in [0.3, 0.4) is 0 Å². The summed E-state index contributed by atoms with van der Waals surface area (Å²) in [4.78, 5) is 15.8. The summed E-state index contributed by atoms with van der Waals surface area (Å²) in [6.45, 7) is 5.78. The number of nitrogens with zero attached hydrogens (tertiary/aromatic N) is 1. The lowest BCUT2D eigenvalue weighted by atomic mass is 10.1. The summed E-state index contributed by atoms with van der Waals surface area (Å²) in [6, 6.07) is 9.71. The van der Waals surface area contributed by atoms with Crippen molar-refractivity contribution < 1.29 is 9.90 Å². The summed E-state index contributed by atoms with van der Waals surface area (Å²) >= 11 is 0. The molecule has 2 N–H and O–H groups in total. The lowest BCUT2D eigenvalue weighted by Crippen LogP contribution is -2.09. The van der Waals surface area contributed by atoms with Crippen LogP contribution in [0.1, 0.15) is 40.5 Å². The monoisotopic (exact) mass is 284 g/mol. The van der Waals surface area contributed by atoms with Crippen LogP contribution in [-0.2, 0) is 6.42 Å². The first kappa shape index (κ1) is 15.0. The average Bonchev–Trinajstić information content (AvgIpc) is 2.40. The molecule has 2 rings (SSSR count). The minimum Gasteiger partial charge on any atom is -0.478 e. The summed E-state index contributed by atoms with van der Waals surface area (Å²) in [5, 5.41) is 12.6. The Kier molecular flexibility index (Phi) is 4.58. The SMILES string of the molecule is CCCc1ccccc1Nc1nc(C)cc(C)c1C(=O)O. The molecule has 0 unspecified atom stereocenters. The third kappa shape index (κ3) is 3.40. The van der Waals surface area contributed by atoms with Crippen molar-refractivity contribution in [2.75, 3.05) is 5.32 Å². The van der Waals surface area contributed by atoms with Crippen LogP contribution in [0.25, 0.3) is 0 Å². The van der Waals surface area contributed by atoms with E-state index in [2.05, 4.69) is 23.3 Å². The highest BCUT2D eigenvalue weighted by Gasteiger charge is 2.16. The fraction of sp³-hybridized carbons (Fsp3) is 0.294. The Morgan fingerprint density at radius 3 is 2.67 bits per heavy atom. The van der Waals surface area contributed by atoms with Crippen LogP contribution in [0.5, 0.6) is 0 Å². The number of nitrogens with one attached hydrogen (secondary N) is 1. The molecule has 1 aromatic carbocycles. The first-order valence-electron chi connectivity index (χ1n) is 7.09. The predicted molar refractivity (Wildman–Crippen MR) is 84.4 cm³/mol. The van der Waals surface area contributed by atoms with Gasteiger partial charge in [-0.3, -0.25) is 0 Å². The standard InChI is InChI=1S/C17H20N2O2/c1-4-7-13-8-5-6-9-14(13)19-16-15(17(20)21)11(2)10-12(3)18-16/h5-6,8-10H,4,7H2,1-3H3,(H,18,19)(H,20,21). The molecule has 0 saturated carbocycles. The van der Waals surface area contributed by atoms with E-state index in [0.29, 0.717) is 11.4 Å². The van der Waals surface area contributed by atoms with E-state index in [-0.39, 0.29) is 5.56 Å². The summed E-state index contributed by atoms with van der Waals surface area (Å²) in [5.74, 6) is -0.556. The molecule has 1 heterocycles. The molecule has 0 bridgehead atoms. The van der Waals surface area contributed by atoms with E-state index in [1.807, 2.05) is 25.1 Å². The van der Waals surface area contributed by atoms with Crippen molar-refractivity contribution in [3.05, 3.63) is 52.7 Å².